The number of ether oxygens (including phenoxy) is 3. The number of rotatable bonds is 8. The van der Waals surface area contributed by atoms with Crippen LogP contribution >= 0.6 is 0 Å². The van der Waals surface area contributed by atoms with Crippen molar-refractivity contribution in [2.24, 2.45) is 5.92 Å². The van der Waals surface area contributed by atoms with Crippen molar-refractivity contribution in [3.05, 3.63) is 23.8 Å². The van der Waals surface area contributed by atoms with Crippen LogP contribution in [0.15, 0.2) is 18.2 Å². The molecule has 0 aliphatic heterocycles. The number of carbonyl (C=O) groups excluding carboxylic acids is 3. The molecule has 0 saturated heterocycles. The van der Waals surface area contributed by atoms with Gasteiger partial charge in [-0.15, -0.1) is 0 Å². The zero-order valence-corrected chi connectivity index (χ0v) is 15.8. The summed E-state index contributed by atoms with van der Waals surface area (Å²) in [6.45, 7) is 8.17. The third-order valence-electron chi connectivity index (χ3n) is 3.17. The lowest BCUT2D eigenvalue weighted by molar-refractivity contribution is -0.127. The van der Waals surface area contributed by atoms with Crippen molar-refractivity contribution < 1.29 is 28.6 Å². The second-order valence-electron chi connectivity index (χ2n) is 5.92. The van der Waals surface area contributed by atoms with Crippen molar-refractivity contribution in [1.82, 2.24) is 10.6 Å². The van der Waals surface area contributed by atoms with Gasteiger partial charge in [-0.2, -0.15) is 0 Å². The van der Waals surface area contributed by atoms with Crippen LogP contribution in [-0.4, -0.2) is 44.3 Å². The number of imide groups is 1. The fourth-order valence-electron chi connectivity index (χ4n) is 1.84. The minimum Gasteiger partial charge on any atom is -0.490 e. The van der Waals surface area contributed by atoms with Gasteiger partial charge in [-0.25, -0.2) is 9.59 Å². The maximum absolute atomic E-state index is 12.2. The molecule has 0 bridgehead atoms. The number of benzene rings is 1. The fourth-order valence-corrected chi connectivity index (χ4v) is 1.84. The predicted octanol–water partition coefficient (Wildman–Crippen LogP) is 2.12. The molecule has 0 heterocycles. The van der Waals surface area contributed by atoms with Crippen molar-refractivity contribution in [3.63, 3.8) is 0 Å². The highest BCUT2D eigenvalue weighted by Gasteiger charge is 2.21. The van der Waals surface area contributed by atoms with Gasteiger partial charge < -0.3 is 19.5 Å². The van der Waals surface area contributed by atoms with Gasteiger partial charge in [0.05, 0.1) is 18.8 Å². The number of urea groups is 1. The molecular weight excluding hydrogens is 340 g/mol. The summed E-state index contributed by atoms with van der Waals surface area (Å²) in [6, 6.07) is 3.98. The lowest BCUT2D eigenvalue weighted by atomic mass is 10.2. The van der Waals surface area contributed by atoms with E-state index >= 15 is 0 Å². The Hall–Kier alpha value is -2.77. The van der Waals surface area contributed by atoms with Crippen molar-refractivity contribution in [1.29, 1.82) is 0 Å². The number of esters is 1. The van der Waals surface area contributed by atoms with E-state index in [9.17, 15) is 14.4 Å². The van der Waals surface area contributed by atoms with Gasteiger partial charge in [-0.3, -0.25) is 10.1 Å². The molecule has 0 aromatic heterocycles. The quantitative estimate of drug-likeness (QED) is 0.683. The molecule has 1 atom stereocenters. The Morgan fingerprint density at radius 3 is 2.35 bits per heavy atom. The van der Waals surface area contributed by atoms with E-state index in [-0.39, 0.29) is 5.56 Å². The topological polar surface area (TPSA) is 103 Å². The molecule has 0 saturated carbocycles. The van der Waals surface area contributed by atoms with Crippen LogP contribution in [0.2, 0.25) is 0 Å². The number of hydrogen-bond acceptors (Lipinski definition) is 6. The number of carbonyl (C=O) groups is 3. The highest BCUT2D eigenvalue weighted by molar-refractivity contribution is 5.98. The maximum atomic E-state index is 12.2. The first-order chi connectivity index (χ1) is 12.3. The van der Waals surface area contributed by atoms with Gasteiger partial charge in [0.15, 0.2) is 17.6 Å². The van der Waals surface area contributed by atoms with E-state index in [4.69, 9.17) is 14.2 Å². The molecule has 1 rings (SSSR count). The van der Waals surface area contributed by atoms with E-state index in [1.54, 1.807) is 6.07 Å². The van der Waals surface area contributed by atoms with Gasteiger partial charge in [-0.05, 0) is 38.0 Å². The highest BCUT2D eigenvalue weighted by atomic mass is 16.5. The van der Waals surface area contributed by atoms with E-state index in [1.165, 1.54) is 26.1 Å². The van der Waals surface area contributed by atoms with Gasteiger partial charge in [0, 0.05) is 7.05 Å². The Labute approximate surface area is 153 Å². The van der Waals surface area contributed by atoms with Crippen molar-refractivity contribution >= 4 is 17.9 Å². The van der Waals surface area contributed by atoms with Gasteiger partial charge in [0.2, 0.25) is 0 Å². The largest absolute Gasteiger partial charge is 0.490 e. The summed E-state index contributed by atoms with van der Waals surface area (Å²) in [5.41, 5.74) is 0.213. The maximum Gasteiger partial charge on any atom is 0.339 e. The molecule has 3 amide bonds. The van der Waals surface area contributed by atoms with Crippen LogP contribution in [0.3, 0.4) is 0 Å². The molecular formula is C18H26N2O6. The molecule has 1 aromatic rings. The van der Waals surface area contributed by atoms with Crippen molar-refractivity contribution in [2.45, 2.75) is 33.8 Å². The van der Waals surface area contributed by atoms with Crippen LogP contribution < -0.4 is 20.1 Å². The molecule has 1 aromatic carbocycles. The summed E-state index contributed by atoms with van der Waals surface area (Å²) < 4.78 is 16.3. The van der Waals surface area contributed by atoms with Gasteiger partial charge in [0.1, 0.15) is 0 Å². The van der Waals surface area contributed by atoms with E-state index in [0.29, 0.717) is 30.6 Å². The lowest BCUT2D eigenvalue weighted by Gasteiger charge is -2.16. The molecule has 0 spiro atoms. The standard InChI is InChI=1S/C18H26N2O6/c1-6-24-15-9-13(7-8-14(15)25-10-11(2)3)17(22)26-12(4)16(21)20-18(23)19-5/h7-9,11-12H,6,10H2,1-5H3,(H2,19,20,21,23)/t12-/m0/s1. The first-order valence-electron chi connectivity index (χ1n) is 8.41. The van der Waals surface area contributed by atoms with Crippen LogP contribution in [0.25, 0.3) is 0 Å². The average molecular weight is 366 g/mol. The molecule has 8 heteroatoms. The molecule has 8 nitrogen and oxygen atoms in total. The van der Waals surface area contributed by atoms with Gasteiger partial charge in [0.25, 0.3) is 5.91 Å². The molecule has 26 heavy (non-hydrogen) atoms. The minimum absolute atomic E-state index is 0.213. The number of hydrogen-bond donors (Lipinski definition) is 2. The second-order valence-corrected chi connectivity index (χ2v) is 5.92. The monoisotopic (exact) mass is 366 g/mol. The third-order valence-corrected chi connectivity index (χ3v) is 3.17. The van der Waals surface area contributed by atoms with Crippen LogP contribution in [0.1, 0.15) is 38.1 Å². The van der Waals surface area contributed by atoms with E-state index in [0.717, 1.165) is 0 Å². The SMILES string of the molecule is CCOc1cc(C(=O)O[C@@H](C)C(=O)NC(=O)NC)ccc1OCC(C)C. The Kier molecular flexibility index (Phi) is 8.41. The Morgan fingerprint density at radius 1 is 1.08 bits per heavy atom. The second kappa shape index (κ2) is 10.3. The van der Waals surface area contributed by atoms with E-state index in [1.807, 2.05) is 26.1 Å². The highest BCUT2D eigenvalue weighted by Crippen LogP contribution is 2.29. The van der Waals surface area contributed by atoms with Crippen molar-refractivity contribution in [2.75, 3.05) is 20.3 Å². The summed E-state index contributed by atoms with van der Waals surface area (Å²) in [6.07, 6.45) is -1.13. The predicted molar refractivity (Wildman–Crippen MR) is 95.4 cm³/mol. The Balaban J connectivity index is 2.83. The van der Waals surface area contributed by atoms with Gasteiger partial charge in [-0.1, -0.05) is 13.8 Å². The summed E-state index contributed by atoms with van der Waals surface area (Å²) >= 11 is 0. The summed E-state index contributed by atoms with van der Waals surface area (Å²) in [7, 11) is 1.37. The molecule has 0 unspecified atom stereocenters. The van der Waals surface area contributed by atoms with Crippen LogP contribution in [0, 0.1) is 5.92 Å². The molecule has 0 fully saturated rings. The fraction of sp³-hybridized carbons (Fsp3) is 0.500. The Morgan fingerprint density at radius 2 is 1.77 bits per heavy atom. The smallest absolute Gasteiger partial charge is 0.339 e. The zero-order valence-electron chi connectivity index (χ0n) is 15.8. The van der Waals surface area contributed by atoms with Crippen molar-refractivity contribution in [3.8, 4) is 11.5 Å². The number of nitrogens with one attached hydrogen (secondary N) is 2. The zero-order chi connectivity index (χ0) is 19.7. The molecule has 0 radical (unpaired) electrons. The average Bonchev–Trinajstić information content (AvgIpc) is 2.60. The summed E-state index contributed by atoms with van der Waals surface area (Å²) in [5.74, 6) is -0.137. The molecule has 0 aliphatic rings. The Bertz CT molecular complexity index is 645. The normalized spacial score (nSPS) is 11.5. The minimum atomic E-state index is -1.13. The first kappa shape index (κ1) is 21.3. The first-order valence-corrected chi connectivity index (χ1v) is 8.41. The van der Waals surface area contributed by atoms with Crippen LogP contribution in [0.4, 0.5) is 4.79 Å². The van der Waals surface area contributed by atoms with E-state index in [2.05, 4.69) is 5.32 Å². The third kappa shape index (κ3) is 6.62. The van der Waals surface area contributed by atoms with E-state index < -0.39 is 24.0 Å². The van der Waals surface area contributed by atoms with Gasteiger partial charge >= 0.3 is 12.0 Å². The molecule has 144 valence electrons. The molecule has 2 N–H and O–H groups in total. The van der Waals surface area contributed by atoms with Crippen LogP contribution in [-0.2, 0) is 9.53 Å². The van der Waals surface area contributed by atoms with Crippen LogP contribution in [0.5, 0.6) is 11.5 Å². The summed E-state index contributed by atoms with van der Waals surface area (Å²) in [5, 5.41) is 4.28. The summed E-state index contributed by atoms with van der Waals surface area (Å²) in [4.78, 5) is 35.1. The number of amides is 3. The molecule has 0 aliphatic carbocycles. The lowest BCUT2D eigenvalue weighted by Crippen LogP contribution is -2.43.